The number of imidazole rings is 1. The fourth-order valence-corrected chi connectivity index (χ4v) is 3.12. The molecular formula is C23H22N2O2. The number of ether oxygens (including phenoxy) is 1. The Morgan fingerprint density at radius 2 is 1.70 bits per heavy atom. The predicted octanol–water partition coefficient (Wildman–Crippen LogP) is 4.96. The molecule has 27 heavy (non-hydrogen) atoms. The molecule has 0 aliphatic carbocycles. The van der Waals surface area contributed by atoms with Crippen molar-refractivity contribution >= 4 is 11.0 Å². The van der Waals surface area contributed by atoms with Gasteiger partial charge in [-0.2, -0.15) is 4.73 Å². The lowest BCUT2D eigenvalue weighted by Gasteiger charge is -2.13. The minimum absolute atomic E-state index is 0.481. The van der Waals surface area contributed by atoms with Gasteiger partial charge in [-0.3, -0.25) is 0 Å². The van der Waals surface area contributed by atoms with Crippen molar-refractivity contribution in [1.82, 2.24) is 9.71 Å². The Bertz CT molecular complexity index is 1080. The van der Waals surface area contributed by atoms with Crippen molar-refractivity contribution in [3.8, 4) is 17.1 Å². The molecule has 1 heterocycles. The average molecular weight is 358 g/mol. The molecule has 0 saturated carbocycles. The molecule has 3 aromatic carbocycles. The summed E-state index contributed by atoms with van der Waals surface area (Å²) in [6.07, 6.45) is 0. The van der Waals surface area contributed by atoms with Crippen molar-refractivity contribution in [3.05, 3.63) is 83.4 Å². The zero-order valence-corrected chi connectivity index (χ0v) is 15.8. The fraction of sp³-hybridized carbons (Fsp3) is 0.174. The second-order valence-corrected chi connectivity index (χ2v) is 6.65. The molecule has 4 aromatic rings. The van der Waals surface area contributed by atoms with Crippen LogP contribution in [0.25, 0.3) is 22.4 Å². The van der Waals surface area contributed by atoms with E-state index in [1.165, 1.54) is 11.1 Å². The third-order valence-electron chi connectivity index (χ3n) is 4.73. The molecule has 0 aliphatic heterocycles. The number of benzene rings is 3. The van der Waals surface area contributed by atoms with E-state index in [-0.39, 0.29) is 0 Å². The summed E-state index contributed by atoms with van der Waals surface area (Å²) in [6.45, 7) is 4.65. The van der Waals surface area contributed by atoms with Crippen LogP contribution in [0, 0.1) is 13.8 Å². The van der Waals surface area contributed by atoms with Gasteiger partial charge in [0, 0.05) is 5.56 Å². The van der Waals surface area contributed by atoms with Crippen molar-refractivity contribution in [2.24, 2.45) is 0 Å². The van der Waals surface area contributed by atoms with Gasteiger partial charge in [-0.1, -0.05) is 30.3 Å². The number of nitrogens with zero attached hydrogens (tertiary/aromatic N) is 2. The molecule has 4 nitrogen and oxygen atoms in total. The lowest BCUT2D eigenvalue weighted by molar-refractivity contribution is 0.109. The van der Waals surface area contributed by atoms with Crippen LogP contribution in [0.2, 0.25) is 0 Å². The first-order valence-electron chi connectivity index (χ1n) is 8.97. The highest BCUT2D eigenvalue weighted by molar-refractivity contribution is 5.81. The largest absolute Gasteiger partial charge is 0.497 e. The molecule has 0 spiro atoms. The first-order chi connectivity index (χ1) is 13.2. The maximum atomic E-state index is 6.25. The highest BCUT2D eigenvalue weighted by Crippen LogP contribution is 2.26. The van der Waals surface area contributed by atoms with Gasteiger partial charge in [-0.05, 0) is 66.9 Å². The summed E-state index contributed by atoms with van der Waals surface area (Å²) in [6, 6.07) is 22.3. The van der Waals surface area contributed by atoms with Crippen LogP contribution in [0.5, 0.6) is 5.75 Å². The third-order valence-corrected chi connectivity index (χ3v) is 4.73. The van der Waals surface area contributed by atoms with Crippen LogP contribution in [0.15, 0.2) is 66.7 Å². The number of hydrogen-bond acceptors (Lipinski definition) is 3. The quantitative estimate of drug-likeness (QED) is 0.506. The Morgan fingerprint density at radius 3 is 2.44 bits per heavy atom. The van der Waals surface area contributed by atoms with Gasteiger partial charge in [0.15, 0.2) is 5.82 Å². The maximum absolute atomic E-state index is 6.25. The summed E-state index contributed by atoms with van der Waals surface area (Å²) < 4.78 is 7.11. The summed E-state index contributed by atoms with van der Waals surface area (Å²) >= 11 is 0. The molecule has 0 aliphatic rings. The number of hydrogen-bond donors (Lipinski definition) is 0. The highest BCUT2D eigenvalue weighted by Gasteiger charge is 2.15. The van der Waals surface area contributed by atoms with Crippen LogP contribution in [-0.4, -0.2) is 16.8 Å². The number of aryl methyl sites for hydroxylation is 2. The van der Waals surface area contributed by atoms with Crippen molar-refractivity contribution < 1.29 is 9.57 Å². The summed E-state index contributed by atoms with van der Waals surface area (Å²) in [5.41, 5.74) is 6.40. The molecule has 0 N–H and O–H groups in total. The van der Waals surface area contributed by atoms with Crippen LogP contribution in [0.3, 0.4) is 0 Å². The van der Waals surface area contributed by atoms with Gasteiger partial charge in [0.05, 0.1) is 12.6 Å². The number of methoxy groups -OCH3 is 1. The monoisotopic (exact) mass is 358 g/mol. The average Bonchev–Trinajstić information content (AvgIpc) is 3.05. The summed E-state index contributed by atoms with van der Waals surface area (Å²) in [5, 5.41) is 0. The molecule has 0 fully saturated rings. The molecule has 4 rings (SSSR count). The van der Waals surface area contributed by atoms with E-state index in [1.807, 2.05) is 47.2 Å². The molecule has 0 radical (unpaired) electrons. The van der Waals surface area contributed by atoms with E-state index in [4.69, 9.17) is 14.6 Å². The topological polar surface area (TPSA) is 36.3 Å². The molecule has 0 atom stereocenters. The van der Waals surface area contributed by atoms with Crippen LogP contribution < -0.4 is 9.57 Å². The summed E-state index contributed by atoms with van der Waals surface area (Å²) in [4.78, 5) is 11.1. The standard InChI is InChI=1S/C23H22N2O2/c1-16-8-13-21-22(14-16)25(27-15-19-7-5-4-6-17(19)2)23(24-21)18-9-11-20(26-3)12-10-18/h4-14H,15H2,1-3H3. The van der Waals surface area contributed by atoms with E-state index in [0.717, 1.165) is 33.7 Å². The van der Waals surface area contributed by atoms with Crippen LogP contribution >= 0.6 is 0 Å². The Morgan fingerprint density at radius 1 is 0.926 bits per heavy atom. The Hall–Kier alpha value is -3.27. The van der Waals surface area contributed by atoms with Gasteiger partial charge in [0.2, 0.25) is 0 Å². The zero-order chi connectivity index (χ0) is 18.8. The lowest BCUT2D eigenvalue weighted by Crippen LogP contribution is -2.13. The number of rotatable bonds is 5. The highest BCUT2D eigenvalue weighted by atomic mass is 16.7. The van der Waals surface area contributed by atoms with Crippen LogP contribution in [0.1, 0.15) is 16.7 Å². The second-order valence-electron chi connectivity index (χ2n) is 6.65. The number of fused-ring (bicyclic) bond motifs is 1. The van der Waals surface area contributed by atoms with Gasteiger partial charge in [0.1, 0.15) is 17.9 Å². The fourth-order valence-electron chi connectivity index (χ4n) is 3.12. The van der Waals surface area contributed by atoms with E-state index in [1.54, 1.807) is 7.11 Å². The van der Waals surface area contributed by atoms with E-state index in [0.29, 0.717) is 6.61 Å². The molecule has 0 saturated heterocycles. The molecule has 1 aromatic heterocycles. The molecule has 0 unspecified atom stereocenters. The van der Waals surface area contributed by atoms with E-state index < -0.39 is 0 Å². The predicted molar refractivity (Wildman–Crippen MR) is 108 cm³/mol. The minimum atomic E-state index is 0.481. The number of aromatic nitrogens is 2. The molecule has 0 amide bonds. The smallest absolute Gasteiger partial charge is 0.176 e. The van der Waals surface area contributed by atoms with Gasteiger partial charge in [-0.25, -0.2) is 4.98 Å². The van der Waals surface area contributed by atoms with E-state index >= 15 is 0 Å². The second kappa shape index (κ2) is 7.16. The van der Waals surface area contributed by atoms with Crippen LogP contribution in [-0.2, 0) is 6.61 Å². The molecular weight excluding hydrogens is 336 g/mol. The third kappa shape index (κ3) is 3.38. The van der Waals surface area contributed by atoms with Gasteiger partial charge < -0.3 is 9.57 Å². The first kappa shape index (κ1) is 17.2. The molecule has 4 heteroatoms. The lowest BCUT2D eigenvalue weighted by atomic mass is 10.1. The zero-order valence-electron chi connectivity index (χ0n) is 15.8. The van der Waals surface area contributed by atoms with Crippen molar-refractivity contribution in [2.75, 3.05) is 7.11 Å². The van der Waals surface area contributed by atoms with Gasteiger partial charge in [0.25, 0.3) is 0 Å². The summed E-state index contributed by atoms with van der Waals surface area (Å²) in [5.74, 6) is 1.60. The first-order valence-corrected chi connectivity index (χ1v) is 8.97. The van der Waals surface area contributed by atoms with Crippen molar-refractivity contribution in [1.29, 1.82) is 0 Å². The van der Waals surface area contributed by atoms with E-state index in [2.05, 4.69) is 38.1 Å². The Balaban J connectivity index is 1.78. The molecule has 0 bridgehead atoms. The van der Waals surface area contributed by atoms with Crippen LogP contribution in [0.4, 0.5) is 0 Å². The van der Waals surface area contributed by atoms with Crippen molar-refractivity contribution in [3.63, 3.8) is 0 Å². The Labute approximate surface area is 159 Å². The Kier molecular flexibility index (Phi) is 4.55. The maximum Gasteiger partial charge on any atom is 0.176 e. The minimum Gasteiger partial charge on any atom is -0.497 e. The van der Waals surface area contributed by atoms with Gasteiger partial charge in [-0.15, -0.1) is 0 Å². The van der Waals surface area contributed by atoms with E-state index in [9.17, 15) is 0 Å². The normalized spacial score (nSPS) is 10.9. The summed E-state index contributed by atoms with van der Waals surface area (Å²) in [7, 11) is 1.67. The van der Waals surface area contributed by atoms with Gasteiger partial charge >= 0.3 is 0 Å². The SMILES string of the molecule is COc1ccc(-c2nc3ccc(C)cc3n2OCc2ccccc2C)cc1. The van der Waals surface area contributed by atoms with Crippen molar-refractivity contribution in [2.45, 2.75) is 20.5 Å². The molecule has 136 valence electrons.